The summed E-state index contributed by atoms with van der Waals surface area (Å²) in [4.78, 5) is 17.7. The lowest BCUT2D eigenvalue weighted by molar-refractivity contribution is 1.12. The normalized spacial score (nSPS) is 11.4. The third-order valence-corrected chi connectivity index (χ3v) is 3.44. The molecular weight excluding hydrogens is 204 g/mol. The Kier molecular flexibility index (Phi) is 1.33. The molecule has 5 heteroatoms. The maximum absolute atomic E-state index is 11.7. The number of thiophene rings is 1. The molecular formula is C8H4N2OS2. The highest BCUT2D eigenvalue weighted by Gasteiger charge is 2.05. The van der Waals surface area contributed by atoms with Crippen molar-refractivity contribution in [1.29, 1.82) is 0 Å². The molecule has 0 bridgehead atoms. The standard InChI is InChI=1S/C8H4N2OS2/c11-7-5-1-3-12-6(5)9-8-10(7)2-4-13-8/h1-4H. The molecule has 0 radical (unpaired) electrons. The zero-order valence-corrected chi connectivity index (χ0v) is 8.06. The van der Waals surface area contributed by atoms with Gasteiger partial charge in [-0.25, -0.2) is 4.98 Å². The Morgan fingerprint density at radius 2 is 2.23 bits per heavy atom. The van der Waals surface area contributed by atoms with Gasteiger partial charge in [0.2, 0.25) is 0 Å². The van der Waals surface area contributed by atoms with Crippen molar-refractivity contribution in [3.63, 3.8) is 0 Å². The summed E-state index contributed by atoms with van der Waals surface area (Å²) in [6.45, 7) is 0. The van der Waals surface area contributed by atoms with Crippen LogP contribution in [-0.2, 0) is 0 Å². The van der Waals surface area contributed by atoms with Gasteiger partial charge in [0.25, 0.3) is 5.56 Å². The molecule has 0 fully saturated rings. The molecule has 0 aliphatic carbocycles. The van der Waals surface area contributed by atoms with E-state index in [1.54, 1.807) is 10.6 Å². The van der Waals surface area contributed by atoms with E-state index in [0.717, 1.165) is 9.79 Å². The summed E-state index contributed by atoms with van der Waals surface area (Å²) in [6, 6.07) is 1.82. The Bertz CT molecular complexity index is 582. The fourth-order valence-corrected chi connectivity index (χ4v) is 2.79. The molecule has 3 aromatic rings. The quantitative estimate of drug-likeness (QED) is 0.566. The highest BCUT2D eigenvalue weighted by molar-refractivity contribution is 7.17. The van der Waals surface area contributed by atoms with Crippen molar-refractivity contribution in [1.82, 2.24) is 9.38 Å². The summed E-state index contributed by atoms with van der Waals surface area (Å²) < 4.78 is 1.58. The minimum Gasteiger partial charge on any atom is -0.268 e. The third kappa shape index (κ3) is 0.882. The topological polar surface area (TPSA) is 34.4 Å². The van der Waals surface area contributed by atoms with E-state index in [2.05, 4.69) is 4.98 Å². The van der Waals surface area contributed by atoms with Crippen molar-refractivity contribution in [2.24, 2.45) is 0 Å². The molecule has 0 spiro atoms. The lowest BCUT2D eigenvalue weighted by Crippen LogP contribution is -2.11. The Morgan fingerprint density at radius 1 is 1.31 bits per heavy atom. The van der Waals surface area contributed by atoms with Gasteiger partial charge in [0, 0.05) is 11.6 Å². The molecule has 0 aliphatic heterocycles. The number of aromatic nitrogens is 2. The molecule has 0 aromatic carbocycles. The lowest BCUT2D eigenvalue weighted by atomic mass is 10.4. The second-order valence-electron chi connectivity index (χ2n) is 2.61. The number of nitrogens with zero attached hydrogens (tertiary/aromatic N) is 2. The minimum atomic E-state index is 0.0301. The SMILES string of the molecule is O=c1c2ccsc2nc2sccn12. The molecule has 3 rings (SSSR count). The first kappa shape index (κ1) is 7.23. The molecule has 0 aliphatic rings. The smallest absolute Gasteiger partial charge is 0.267 e. The van der Waals surface area contributed by atoms with E-state index in [4.69, 9.17) is 0 Å². The number of thiazole rings is 1. The van der Waals surface area contributed by atoms with Gasteiger partial charge >= 0.3 is 0 Å². The van der Waals surface area contributed by atoms with Gasteiger partial charge in [-0.15, -0.1) is 22.7 Å². The van der Waals surface area contributed by atoms with Crippen molar-refractivity contribution in [2.45, 2.75) is 0 Å². The zero-order valence-electron chi connectivity index (χ0n) is 6.43. The highest BCUT2D eigenvalue weighted by Crippen LogP contribution is 2.17. The van der Waals surface area contributed by atoms with E-state index in [1.165, 1.54) is 22.7 Å². The average molecular weight is 208 g/mol. The molecule has 3 nitrogen and oxygen atoms in total. The zero-order chi connectivity index (χ0) is 8.84. The van der Waals surface area contributed by atoms with Gasteiger partial charge in [-0.05, 0) is 11.4 Å². The Labute approximate surface area is 80.9 Å². The molecule has 3 aromatic heterocycles. The number of rotatable bonds is 0. The van der Waals surface area contributed by atoms with Gasteiger partial charge in [0.1, 0.15) is 4.83 Å². The van der Waals surface area contributed by atoms with Gasteiger partial charge in [-0.1, -0.05) is 0 Å². The summed E-state index contributed by atoms with van der Waals surface area (Å²) in [6.07, 6.45) is 1.76. The molecule has 0 saturated heterocycles. The van der Waals surface area contributed by atoms with E-state index >= 15 is 0 Å². The lowest BCUT2D eigenvalue weighted by Gasteiger charge is -1.91. The molecule has 3 heterocycles. The number of hydrogen-bond acceptors (Lipinski definition) is 4. The average Bonchev–Trinajstić information content (AvgIpc) is 2.71. The van der Waals surface area contributed by atoms with Crippen molar-refractivity contribution in [3.05, 3.63) is 33.4 Å². The van der Waals surface area contributed by atoms with Crippen LogP contribution < -0.4 is 5.56 Å². The second kappa shape index (κ2) is 2.40. The molecule has 0 saturated carbocycles. The van der Waals surface area contributed by atoms with E-state index in [1.807, 2.05) is 16.8 Å². The Hall–Kier alpha value is -1.20. The first-order valence-corrected chi connectivity index (χ1v) is 5.45. The van der Waals surface area contributed by atoms with Crippen LogP contribution in [0.25, 0.3) is 15.2 Å². The van der Waals surface area contributed by atoms with Crippen LogP contribution in [-0.4, -0.2) is 9.38 Å². The number of fused-ring (bicyclic) bond motifs is 2. The summed E-state index contributed by atoms with van der Waals surface area (Å²) in [5, 5.41) is 4.47. The maximum Gasteiger partial charge on any atom is 0.267 e. The maximum atomic E-state index is 11.7. The van der Waals surface area contributed by atoms with Crippen LogP contribution in [0.3, 0.4) is 0 Å². The summed E-state index contributed by atoms with van der Waals surface area (Å²) in [5.74, 6) is 0. The van der Waals surface area contributed by atoms with Gasteiger partial charge in [-0.2, -0.15) is 0 Å². The van der Waals surface area contributed by atoms with Crippen LogP contribution in [0.4, 0.5) is 0 Å². The number of hydrogen-bond donors (Lipinski definition) is 0. The fraction of sp³-hybridized carbons (Fsp3) is 0. The van der Waals surface area contributed by atoms with E-state index < -0.39 is 0 Å². The minimum absolute atomic E-state index is 0.0301. The van der Waals surface area contributed by atoms with Crippen LogP contribution in [0, 0.1) is 0 Å². The van der Waals surface area contributed by atoms with Crippen LogP contribution >= 0.6 is 22.7 Å². The second-order valence-corrected chi connectivity index (χ2v) is 4.38. The van der Waals surface area contributed by atoms with Crippen LogP contribution in [0.15, 0.2) is 27.8 Å². The molecule has 0 amide bonds. The van der Waals surface area contributed by atoms with Crippen molar-refractivity contribution in [2.75, 3.05) is 0 Å². The van der Waals surface area contributed by atoms with Crippen LogP contribution in [0.5, 0.6) is 0 Å². The molecule has 0 unspecified atom stereocenters. The molecule has 13 heavy (non-hydrogen) atoms. The van der Waals surface area contributed by atoms with E-state index in [-0.39, 0.29) is 5.56 Å². The van der Waals surface area contributed by atoms with E-state index in [0.29, 0.717) is 5.39 Å². The summed E-state index contributed by atoms with van der Waals surface area (Å²) in [7, 11) is 0. The molecule has 64 valence electrons. The van der Waals surface area contributed by atoms with Gasteiger partial charge < -0.3 is 0 Å². The Balaban J connectivity index is 2.76. The first-order chi connectivity index (χ1) is 6.36. The summed E-state index contributed by atoms with van der Waals surface area (Å²) in [5.41, 5.74) is 0.0301. The third-order valence-electron chi connectivity index (χ3n) is 1.88. The van der Waals surface area contributed by atoms with Crippen LogP contribution in [0.2, 0.25) is 0 Å². The predicted molar refractivity (Wildman–Crippen MR) is 54.7 cm³/mol. The summed E-state index contributed by atoms with van der Waals surface area (Å²) >= 11 is 2.98. The van der Waals surface area contributed by atoms with Crippen LogP contribution in [0.1, 0.15) is 0 Å². The van der Waals surface area contributed by atoms with Gasteiger partial charge in [-0.3, -0.25) is 9.20 Å². The monoisotopic (exact) mass is 208 g/mol. The fourth-order valence-electron chi connectivity index (χ4n) is 1.27. The van der Waals surface area contributed by atoms with Gasteiger partial charge in [0.05, 0.1) is 5.39 Å². The first-order valence-electron chi connectivity index (χ1n) is 3.69. The highest BCUT2D eigenvalue weighted by atomic mass is 32.1. The van der Waals surface area contributed by atoms with Crippen molar-refractivity contribution in [3.8, 4) is 0 Å². The molecule has 0 N–H and O–H groups in total. The largest absolute Gasteiger partial charge is 0.268 e. The van der Waals surface area contributed by atoms with Crippen molar-refractivity contribution >= 4 is 37.9 Å². The van der Waals surface area contributed by atoms with Crippen molar-refractivity contribution < 1.29 is 0 Å². The van der Waals surface area contributed by atoms with E-state index in [9.17, 15) is 4.79 Å². The molecule has 0 atom stereocenters. The van der Waals surface area contributed by atoms with Gasteiger partial charge in [0.15, 0.2) is 4.96 Å². The predicted octanol–water partition coefficient (Wildman–Crippen LogP) is 1.97. The Morgan fingerprint density at radius 3 is 3.15 bits per heavy atom.